The fourth-order valence-corrected chi connectivity index (χ4v) is 1.70. The quantitative estimate of drug-likeness (QED) is 0.835. The molecule has 0 spiro atoms. The molecule has 2 rings (SSSR count). The van der Waals surface area contributed by atoms with E-state index >= 15 is 0 Å². The number of rotatable bonds is 3. The Kier molecular flexibility index (Phi) is 2.89. The van der Waals surface area contributed by atoms with Crippen LogP contribution in [0.5, 0.6) is 0 Å². The molecular weight excluding hydrogens is 215 g/mol. The van der Waals surface area contributed by atoms with Crippen molar-refractivity contribution in [2.75, 3.05) is 5.32 Å². The third kappa shape index (κ3) is 2.28. The number of aromatic nitrogens is 2. The third-order valence-electron chi connectivity index (χ3n) is 1.76. The predicted octanol–water partition coefficient (Wildman–Crippen LogP) is 1.88. The van der Waals surface area contributed by atoms with E-state index < -0.39 is 0 Å². The zero-order valence-electron chi connectivity index (χ0n) is 7.77. The van der Waals surface area contributed by atoms with Crippen LogP contribution < -0.4 is 11.1 Å². The molecule has 3 N–H and O–H groups in total. The van der Waals surface area contributed by atoms with Crippen molar-refractivity contribution >= 4 is 22.2 Å². The molecule has 78 valence electrons. The molecule has 2 aromatic rings. The summed E-state index contributed by atoms with van der Waals surface area (Å²) in [7, 11) is 0. The summed E-state index contributed by atoms with van der Waals surface area (Å²) in [5.41, 5.74) is 5.78. The lowest BCUT2D eigenvalue weighted by Crippen LogP contribution is -1.94. The van der Waals surface area contributed by atoms with Gasteiger partial charge in [-0.3, -0.25) is 0 Å². The van der Waals surface area contributed by atoms with Gasteiger partial charge >= 0.3 is 0 Å². The second-order valence-electron chi connectivity index (χ2n) is 2.81. The van der Waals surface area contributed by atoms with Gasteiger partial charge < -0.3 is 11.1 Å². The van der Waals surface area contributed by atoms with Crippen molar-refractivity contribution in [2.24, 2.45) is 5.73 Å². The molecule has 0 radical (unpaired) electrons. The molecule has 0 saturated heterocycles. The van der Waals surface area contributed by atoms with Crippen LogP contribution in [0.4, 0.5) is 15.2 Å². The lowest BCUT2D eigenvalue weighted by Gasteiger charge is -2.01. The molecule has 0 aliphatic carbocycles. The number of halogens is 1. The van der Waals surface area contributed by atoms with Crippen molar-refractivity contribution in [3.63, 3.8) is 0 Å². The normalized spacial score (nSPS) is 10.3. The first-order valence-corrected chi connectivity index (χ1v) is 5.15. The summed E-state index contributed by atoms with van der Waals surface area (Å²) in [6.07, 6.45) is 0. The number of anilines is 2. The van der Waals surface area contributed by atoms with Crippen LogP contribution in [-0.4, -0.2) is 10.2 Å². The standard InChI is InChI=1S/C9H9FN4S/c10-6-3-1-2-4-7(6)12-9-14-13-8(5-11)15-9/h1-4H,5,11H2,(H,12,14). The van der Waals surface area contributed by atoms with Gasteiger partial charge in [-0.1, -0.05) is 23.5 Å². The smallest absolute Gasteiger partial charge is 0.210 e. The molecule has 15 heavy (non-hydrogen) atoms. The monoisotopic (exact) mass is 224 g/mol. The second kappa shape index (κ2) is 4.33. The van der Waals surface area contributed by atoms with Gasteiger partial charge in [0.1, 0.15) is 10.8 Å². The Balaban J connectivity index is 2.18. The number of hydrogen-bond acceptors (Lipinski definition) is 5. The van der Waals surface area contributed by atoms with Gasteiger partial charge in [0.15, 0.2) is 0 Å². The van der Waals surface area contributed by atoms with Crippen molar-refractivity contribution in [1.82, 2.24) is 10.2 Å². The van der Waals surface area contributed by atoms with E-state index in [-0.39, 0.29) is 5.82 Å². The molecule has 0 unspecified atom stereocenters. The second-order valence-corrected chi connectivity index (χ2v) is 3.87. The Hall–Kier alpha value is -1.53. The van der Waals surface area contributed by atoms with Gasteiger partial charge in [0.05, 0.1) is 5.69 Å². The van der Waals surface area contributed by atoms with Crippen molar-refractivity contribution in [3.05, 3.63) is 35.1 Å². The maximum Gasteiger partial charge on any atom is 0.210 e. The van der Waals surface area contributed by atoms with E-state index in [4.69, 9.17) is 5.73 Å². The Labute approximate surface area is 90.0 Å². The number of nitrogens with one attached hydrogen (secondary N) is 1. The van der Waals surface area contributed by atoms with Crippen LogP contribution in [0, 0.1) is 5.82 Å². The Morgan fingerprint density at radius 3 is 2.80 bits per heavy atom. The Bertz CT molecular complexity index is 457. The molecule has 0 atom stereocenters. The average molecular weight is 224 g/mol. The molecule has 1 aromatic carbocycles. The molecule has 1 heterocycles. The Morgan fingerprint density at radius 1 is 1.33 bits per heavy atom. The lowest BCUT2D eigenvalue weighted by molar-refractivity contribution is 0.632. The highest BCUT2D eigenvalue weighted by Gasteiger charge is 2.05. The van der Waals surface area contributed by atoms with Crippen molar-refractivity contribution in [1.29, 1.82) is 0 Å². The summed E-state index contributed by atoms with van der Waals surface area (Å²) in [4.78, 5) is 0. The van der Waals surface area contributed by atoms with Crippen molar-refractivity contribution in [2.45, 2.75) is 6.54 Å². The summed E-state index contributed by atoms with van der Waals surface area (Å²) < 4.78 is 13.2. The van der Waals surface area contributed by atoms with Gasteiger partial charge in [0.2, 0.25) is 5.13 Å². The van der Waals surface area contributed by atoms with Crippen LogP contribution in [0.2, 0.25) is 0 Å². The van der Waals surface area contributed by atoms with Crippen molar-refractivity contribution in [3.8, 4) is 0 Å². The maximum absolute atomic E-state index is 13.2. The van der Waals surface area contributed by atoms with E-state index in [1.54, 1.807) is 18.2 Å². The van der Waals surface area contributed by atoms with Gasteiger partial charge in [0.25, 0.3) is 0 Å². The summed E-state index contributed by atoms with van der Waals surface area (Å²) in [5, 5.41) is 11.8. The third-order valence-corrected chi connectivity index (χ3v) is 2.62. The van der Waals surface area contributed by atoms with E-state index in [0.717, 1.165) is 0 Å². The van der Waals surface area contributed by atoms with Crippen LogP contribution in [-0.2, 0) is 6.54 Å². The molecule has 0 bridgehead atoms. The zero-order valence-corrected chi connectivity index (χ0v) is 8.59. The van der Waals surface area contributed by atoms with E-state index in [9.17, 15) is 4.39 Å². The molecule has 0 aliphatic rings. The number of para-hydroxylation sites is 1. The summed E-state index contributed by atoms with van der Waals surface area (Å²) in [6, 6.07) is 6.40. The highest BCUT2D eigenvalue weighted by molar-refractivity contribution is 7.15. The van der Waals surface area contributed by atoms with Crippen LogP contribution in [0.15, 0.2) is 24.3 Å². The Morgan fingerprint density at radius 2 is 2.13 bits per heavy atom. The highest BCUT2D eigenvalue weighted by Crippen LogP contribution is 2.22. The molecule has 4 nitrogen and oxygen atoms in total. The summed E-state index contributed by atoms with van der Waals surface area (Å²) >= 11 is 1.31. The first-order valence-electron chi connectivity index (χ1n) is 4.33. The number of hydrogen-bond donors (Lipinski definition) is 2. The van der Waals surface area contributed by atoms with Gasteiger partial charge in [-0.05, 0) is 12.1 Å². The van der Waals surface area contributed by atoms with Gasteiger partial charge in [-0.25, -0.2) is 4.39 Å². The topological polar surface area (TPSA) is 63.8 Å². The molecule has 1 aromatic heterocycles. The number of benzene rings is 1. The van der Waals surface area contributed by atoms with Crippen molar-refractivity contribution < 1.29 is 4.39 Å². The van der Waals surface area contributed by atoms with Crippen LogP contribution in [0.3, 0.4) is 0 Å². The van der Waals surface area contributed by atoms with Crippen LogP contribution in [0.25, 0.3) is 0 Å². The molecule has 0 saturated carbocycles. The molecule has 0 amide bonds. The van der Waals surface area contributed by atoms with Crippen LogP contribution >= 0.6 is 11.3 Å². The zero-order chi connectivity index (χ0) is 10.7. The van der Waals surface area contributed by atoms with E-state index in [2.05, 4.69) is 15.5 Å². The predicted molar refractivity (Wildman–Crippen MR) is 57.5 cm³/mol. The molecule has 6 heteroatoms. The summed E-state index contributed by atoms with van der Waals surface area (Å²) in [6.45, 7) is 0.344. The lowest BCUT2D eigenvalue weighted by atomic mass is 10.3. The summed E-state index contributed by atoms with van der Waals surface area (Å²) in [5.74, 6) is -0.318. The molecule has 0 fully saturated rings. The molecular formula is C9H9FN4S. The first kappa shape index (κ1) is 10.0. The van der Waals surface area contributed by atoms with E-state index in [1.807, 2.05) is 0 Å². The first-order chi connectivity index (χ1) is 7.29. The number of nitrogens with two attached hydrogens (primary N) is 1. The highest BCUT2D eigenvalue weighted by atomic mass is 32.1. The largest absolute Gasteiger partial charge is 0.328 e. The minimum Gasteiger partial charge on any atom is -0.328 e. The van der Waals surface area contributed by atoms with E-state index in [1.165, 1.54) is 17.4 Å². The van der Waals surface area contributed by atoms with Gasteiger partial charge in [0, 0.05) is 6.54 Å². The SMILES string of the molecule is NCc1nnc(Nc2ccccc2F)s1. The minimum absolute atomic E-state index is 0.318. The maximum atomic E-state index is 13.2. The minimum atomic E-state index is -0.318. The molecule has 0 aliphatic heterocycles. The fourth-order valence-electron chi connectivity index (χ4n) is 1.06. The fraction of sp³-hybridized carbons (Fsp3) is 0.111. The number of nitrogens with zero attached hydrogens (tertiary/aromatic N) is 2. The van der Waals surface area contributed by atoms with Gasteiger partial charge in [-0.2, -0.15) is 0 Å². The van der Waals surface area contributed by atoms with Crippen LogP contribution in [0.1, 0.15) is 5.01 Å². The van der Waals surface area contributed by atoms with Gasteiger partial charge in [-0.15, -0.1) is 10.2 Å². The van der Waals surface area contributed by atoms with E-state index in [0.29, 0.717) is 22.4 Å². The average Bonchev–Trinajstić information content (AvgIpc) is 2.69.